The molecule has 58 heavy (non-hydrogen) atoms. The Balaban J connectivity index is 1.31. The zero-order chi connectivity index (χ0) is 58.2. The molecule has 0 bridgehead atoms. The molecule has 0 aliphatic carbocycles. The lowest BCUT2D eigenvalue weighted by Crippen LogP contribution is -2.74. The Kier molecular flexibility index (Phi) is 3.84. The van der Waals surface area contributed by atoms with Crippen molar-refractivity contribution >= 4 is 94.4 Å². The van der Waals surface area contributed by atoms with E-state index in [1.54, 1.807) is 54.6 Å². The number of hydrogen-bond donors (Lipinski definition) is 0. The van der Waals surface area contributed by atoms with Crippen LogP contribution in [0, 0.1) is 0 Å². The highest BCUT2D eigenvalue weighted by molar-refractivity contribution is 7.19. The number of aromatic nitrogens is 2. The fraction of sp³-hybridized carbons (Fsp3) is 0. The van der Waals surface area contributed by atoms with Crippen LogP contribution < -0.4 is 20.7 Å². The van der Waals surface area contributed by atoms with Gasteiger partial charge in [-0.3, -0.25) is 0 Å². The number of benzene rings is 9. The molecule has 0 radical (unpaired) electrons. The third-order valence-electron chi connectivity index (χ3n) is 10.6. The van der Waals surface area contributed by atoms with Crippen LogP contribution in [0.15, 0.2) is 222 Å². The van der Waals surface area contributed by atoms with Crippen LogP contribution in [0.4, 0.5) is 0 Å². The molecule has 0 unspecified atom stereocenters. The quantitative estimate of drug-likeness (QED) is 0.122. The molecule has 272 valence electrons. The van der Waals surface area contributed by atoms with E-state index in [1.807, 2.05) is 0 Å². The highest BCUT2D eigenvalue weighted by Crippen LogP contribution is 2.45. The highest BCUT2D eigenvalue weighted by Gasteiger charge is 2.41. The van der Waals surface area contributed by atoms with E-state index in [0.29, 0.717) is 5.39 Å². The zero-order valence-electron chi connectivity index (χ0n) is 52.8. The van der Waals surface area contributed by atoms with Gasteiger partial charge in [0.25, 0.3) is 0 Å². The topological polar surface area (TPSA) is 23.0 Å². The molecule has 0 atom stereocenters. The minimum absolute atomic E-state index is 0.0230. The molecule has 0 saturated carbocycles. The Morgan fingerprint density at radius 2 is 0.966 bits per heavy atom. The number of nitrogens with zero attached hydrogens (tertiary/aromatic N) is 2. The number of rotatable bonds is 6. The molecule has 0 aliphatic heterocycles. The van der Waals surface area contributed by atoms with E-state index in [4.69, 9.17) is 20.9 Å². The molecule has 9 aromatic carbocycles. The van der Waals surface area contributed by atoms with Gasteiger partial charge in [-0.05, 0) is 63.1 Å². The number of fused-ring (bicyclic) bond motifs is 10. The molecule has 3 heterocycles. The highest BCUT2D eigenvalue weighted by atomic mass is 28.3. The van der Waals surface area contributed by atoms with Crippen molar-refractivity contribution in [1.82, 2.24) is 9.13 Å². The van der Waals surface area contributed by atoms with Crippen molar-refractivity contribution in [3.05, 3.63) is 218 Å². The third kappa shape index (κ3) is 4.61. The molecular formula is C54H36N2OSi. The molecule has 0 aliphatic rings. The van der Waals surface area contributed by atoms with Crippen molar-refractivity contribution in [2.24, 2.45) is 0 Å². The second-order valence-electron chi connectivity index (χ2n) is 13.5. The van der Waals surface area contributed by atoms with E-state index in [0.717, 1.165) is 0 Å². The molecular weight excluding hydrogens is 721 g/mol. The van der Waals surface area contributed by atoms with Gasteiger partial charge in [0, 0.05) is 32.6 Å². The maximum Gasteiger partial charge on any atom is 0.179 e. The van der Waals surface area contributed by atoms with Crippen LogP contribution in [0.5, 0.6) is 0 Å². The Bertz CT molecular complexity index is 4640. The fourth-order valence-corrected chi connectivity index (χ4v) is 12.0. The van der Waals surface area contributed by atoms with E-state index in [2.05, 4.69) is 0 Å². The van der Waals surface area contributed by atoms with Gasteiger partial charge in [-0.2, -0.15) is 0 Å². The summed E-state index contributed by atoms with van der Waals surface area (Å²) in [6.07, 6.45) is 0. The Hall–Kier alpha value is -7.40. The van der Waals surface area contributed by atoms with Crippen LogP contribution in [0.2, 0.25) is 0 Å². The minimum atomic E-state index is -5.39. The van der Waals surface area contributed by atoms with Crippen LogP contribution in [0.25, 0.3) is 76.9 Å². The van der Waals surface area contributed by atoms with Crippen molar-refractivity contribution in [3.63, 3.8) is 0 Å². The summed E-state index contributed by atoms with van der Waals surface area (Å²) in [5, 5.41) is -1.60. The van der Waals surface area contributed by atoms with Crippen molar-refractivity contribution in [3.8, 4) is 11.4 Å². The van der Waals surface area contributed by atoms with Gasteiger partial charge in [0.15, 0.2) is 13.7 Å². The second-order valence-corrected chi connectivity index (χ2v) is 17.1. The Labute approximate surface area is 368 Å². The van der Waals surface area contributed by atoms with E-state index < -0.39 is 168 Å². The standard InChI is InChI=1S/C54H36N2OSi/c1-4-18-38(19-5-1)58(39-20-6-2-7-21-39,40-22-8-3-9-23-40)41-34-32-37(33-35-41)55-47-28-14-12-26-44(47)46-36-50(54-52(53(46)55)45-27-13-17-31-51(45)57-54)56-48-29-15-10-24-42(48)43-25-11-16-30-49(43)56/h1-36H/i1D,2D,4D,5D,6D,7D,10D,11D,15D,16D,18D,19D,20D,21D,24D,25D,29D,30D,32D,33D,34D,35D,36D. The predicted octanol–water partition coefficient (Wildman–Crippen LogP) is 11.2. The van der Waals surface area contributed by atoms with E-state index in [-0.39, 0.29) is 71.0 Å². The molecule has 12 aromatic rings. The van der Waals surface area contributed by atoms with Gasteiger partial charge in [0.05, 0.1) is 64.7 Å². The summed E-state index contributed by atoms with van der Waals surface area (Å²) in [5.74, 6) is 0. The first-order valence-electron chi connectivity index (χ1n) is 29.6. The predicted molar refractivity (Wildman–Crippen MR) is 246 cm³/mol. The minimum Gasteiger partial charge on any atom is -0.454 e. The van der Waals surface area contributed by atoms with E-state index in [9.17, 15) is 15.1 Å². The number of furan rings is 1. The maximum absolute atomic E-state index is 10.4. The van der Waals surface area contributed by atoms with Gasteiger partial charge < -0.3 is 13.6 Å². The van der Waals surface area contributed by atoms with Gasteiger partial charge in [0.1, 0.15) is 5.58 Å². The molecule has 0 spiro atoms. The van der Waals surface area contributed by atoms with Crippen LogP contribution in [0.1, 0.15) is 31.5 Å². The van der Waals surface area contributed by atoms with Crippen LogP contribution in [0.3, 0.4) is 0 Å². The summed E-state index contributed by atoms with van der Waals surface area (Å²) >= 11 is 0. The van der Waals surface area contributed by atoms with E-state index >= 15 is 0 Å². The first-order chi connectivity index (χ1) is 38.4. The van der Waals surface area contributed by atoms with Crippen molar-refractivity contribution in [2.45, 2.75) is 0 Å². The summed E-state index contributed by atoms with van der Waals surface area (Å²) in [5.41, 5.74) is -1.05. The lowest BCUT2D eigenvalue weighted by molar-refractivity contribution is 0.666. The lowest BCUT2D eigenvalue weighted by Gasteiger charge is -2.34. The third-order valence-corrected chi connectivity index (χ3v) is 14.8. The molecule has 12 rings (SSSR count). The van der Waals surface area contributed by atoms with Crippen molar-refractivity contribution in [2.75, 3.05) is 0 Å². The smallest absolute Gasteiger partial charge is 0.179 e. The van der Waals surface area contributed by atoms with Gasteiger partial charge in [0.2, 0.25) is 0 Å². The average Bonchev–Trinajstić information content (AvgIpc) is 2.03. The first-order valence-corrected chi connectivity index (χ1v) is 20.1. The fourth-order valence-electron chi connectivity index (χ4n) is 8.24. The van der Waals surface area contributed by atoms with Crippen LogP contribution in [-0.2, 0) is 0 Å². The number of para-hydroxylation sites is 4. The summed E-state index contributed by atoms with van der Waals surface area (Å²) in [7, 11) is -5.39. The summed E-state index contributed by atoms with van der Waals surface area (Å²) in [6, 6.07) is 2.56. The summed E-state index contributed by atoms with van der Waals surface area (Å²) in [6.45, 7) is 0. The lowest BCUT2D eigenvalue weighted by atomic mass is 10.1. The largest absolute Gasteiger partial charge is 0.454 e. The van der Waals surface area contributed by atoms with Crippen LogP contribution >= 0.6 is 0 Å². The van der Waals surface area contributed by atoms with Gasteiger partial charge >= 0.3 is 0 Å². The first kappa shape index (κ1) is 17.4. The second kappa shape index (κ2) is 12.8. The monoisotopic (exact) mass is 779 g/mol. The molecule has 4 heteroatoms. The zero-order valence-corrected chi connectivity index (χ0v) is 30.8. The Morgan fingerprint density at radius 3 is 1.64 bits per heavy atom. The Morgan fingerprint density at radius 1 is 0.414 bits per heavy atom. The van der Waals surface area contributed by atoms with E-state index in [1.165, 1.54) is 33.4 Å². The molecule has 0 amide bonds. The maximum atomic E-state index is 10.4. The normalized spacial score (nSPS) is 17.7. The average molecular weight is 780 g/mol. The van der Waals surface area contributed by atoms with Gasteiger partial charge in [-0.1, -0.05) is 175 Å². The molecule has 3 nitrogen and oxygen atoms in total. The van der Waals surface area contributed by atoms with Gasteiger partial charge in [-0.15, -0.1) is 0 Å². The van der Waals surface area contributed by atoms with Crippen LogP contribution in [-0.4, -0.2) is 17.2 Å². The van der Waals surface area contributed by atoms with Crippen molar-refractivity contribution in [1.29, 1.82) is 0 Å². The van der Waals surface area contributed by atoms with Gasteiger partial charge in [-0.25, -0.2) is 0 Å². The summed E-state index contributed by atoms with van der Waals surface area (Å²) in [4.78, 5) is 0. The molecule has 3 aromatic heterocycles. The summed E-state index contributed by atoms with van der Waals surface area (Å²) < 4.78 is 223. The van der Waals surface area contributed by atoms with Crippen molar-refractivity contribution < 1.29 is 35.9 Å². The SMILES string of the molecule is [2H]c1c([2H])c([2H])c([Si](c2ccccc2)(c2c([2H])c([2H])c([2H])c([2H])c2[2H])c2c([2H])c([2H])c(-n3c4ccccc4c4c([2H])c(-n5c6c([2H])c([2H])c([2H])c([2H])c6c6c([2H])c([2H])c([2H])c([2H])c65)c5oc6ccccc6c5c43)c([2H])c2[2H])c([2H])c1[2H]. The number of hydrogen-bond acceptors (Lipinski definition) is 1. The molecule has 0 N–H and O–H groups in total. The molecule has 0 saturated heterocycles. The molecule has 0 fully saturated rings.